The second-order valence-corrected chi connectivity index (χ2v) is 4.61. The second kappa shape index (κ2) is 4.19. The van der Waals surface area contributed by atoms with Crippen LogP contribution in [-0.4, -0.2) is 16.2 Å². The maximum Gasteiger partial charge on any atom is 0.115 e. The molecule has 3 heteroatoms. The van der Waals surface area contributed by atoms with Gasteiger partial charge in [-0.15, -0.1) is 11.8 Å². The number of fused-ring (bicyclic) bond motifs is 1. The van der Waals surface area contributed by atoms with E-state index >= 15 is 0 Å². The van der Waals surface area contributed by atoms with Crippen LogP contribution in [0.5, 0.6) is 0 Å². The van der Waals surface area contributed by atoms with Gasteiger partial charge in [0.2, 0.25) is 0 Å². The Morgan fingerprint density at radius 1 is 1.27 bits per heavy atom. The zero-order valence-electron chi connectivity index (χ0n) is 9.19. The first-order chi connectivity index (χ1) is 7.22. The molecule has 0 unspecified atom stereocenters. The van der Waals surface area contributed by atoms with Gasteiger partial charge in [-0.2, -0.15) is 0 Å². The predicted molar refractivity (Wildman–Crippen MR) is 65.4 cm³/mol. The molecular weight excluding hydrogens is 204 g/mol. The normalized spacial score (nSPS) is 11.2. The van der Waals surface area contributed by atoms with Gasteiger partial charge >= 0.3 is 0 Å². The van der Waals surface area contributed by atoms with Gasteiger partial charge in [0.1, 0.15) is 5.03 Å². The summed E-state index contributed by atoms with van der Waals surface area (Å²) in [5.74, 6) is 0.489. The molecule has 0 aliphatic heterocycles. The third kappa shape index (κ3) is 1.97. The molecule has 1 heterocycles. The Morgan fingerprint density at radius 3 is 2.73 bits per heavy atom. The fourth-order valence-corrected chi connectivity index (χ4v) is 1.96. The Morgan fingerprint density at radius 2 is 2.07 bits per heavy atom. The fraction of sp³-hybridized carbons (Fsp3) is 0.333. The summed E-state index contributed by atoms with van der Waals surface area (Å²) in [5.41, 5.74) is 3.30. The van der Waals surface area contributed by atoms with Crippen LogP contribution < -0.4 is 0 Å². The van der Waals surface area contributed by atoms with Crippen molar-refractivity contribution in [2.75, 3.05) is 6.26 Å². The average Bonchev–Trinajstić information content (AvgIpc) is 2.27. The van der Waals surface area contributed by atoms with Gasteiger partial charge in [-0.05, 0) is 23.8 Å². The molecule has 1 aromatic heterocycles. The van der Waals surface area contributed by atoms with Crippen molar-refractivity contribution in [2.24, 2.45) is 0 Å². The molecule has 0 radical (unpaired) electrons. The number of aromatic nitrogens is 2. The van der Waals surface area contributed by atoms with Gasteiger partial charge in [0, 0.05) is 0 Å². The van der Waals surface area contributed by atoms with E-state index in [1.807, 2.05) is 18.5 Å². The number of benzene rings is 1. The molecule has 2 nitrogen and oxygen atoms in total. The van der Waals surface area contributed by atoms with Crippen molar-refractivity contribution in [2.45, 2.75) is 24.8 Å². The molecule has 0 amide bonds. The molecule has 15 heavy (non-hydrogen) atoms. The van der Waals surface area contributed by atoms with Crippen LogP contribution in [0, 0.1) is 0 Å². The van der Waals surface area contributed by atoms with Gasteiger partial charge in [-0.25, -0.2) is 4.98 Å². The number of hydrogen-bond donors (Lipinski definition) is 0. The Kier molecular flexibility index (Phi) is 2.91. The summed E-state index contributed by atoms with van der Waals surface area (Å²) in [4.78, 5) is 9.03. The maximum absolute atomic E-state index is 4.54. The number of rotatable bonds is 2. The van der Waals surface area contributed by atoms with Crippen LogP contribution in [-0.2, 0) is 0 Å². The molecule has 78 valence electrons. The van der Waals surface area contributed by atoms with Gasteiger partial charge in [-0.3, -0.25) is 4.98 Å². The summed E-state index contributed by atoms with van der Waals surface area (Å²) >= 11 is 1.62. The monoisotopic (exact) mass is 218 g/mol. The molecule has 0 saturated carbocycles. The molecule has 0 atom stereocenters. The van der Waals surface area contributed by atoms with E-state index in [4.69, 9.17) is 0 Å². The van der Waals surface area contributed by atoms with Crippen molar-refractivity contribution in [3.8, 4) is 0 Å². The first kappa shape index (κ1) is 10.4. The molecule has 1 aromatic carbocycles. The summed E-state index contributed by atoms with van der Waals surface area (Å²) in [6.07, 6.45) is 3.86. The van der Waals surface area contributed by atoms with Crippen molar-refractivity contribution in [1.29, 1.82) is 0 Å². The zero-order valence-corrected chi connectivity index (χ0v) is 10.0. The number of thioether (sulfide) groups is 1. The summed E-state index contributed by atoms with van der Waals surface area (Å²) in [7, 11) is 0. The van der Waals surface area contributed by atoms with E-state index in [0.717, 1.165) is 16.1 Å². The smallest absolute Gasteiger partial charge is 0.115 e. The van der Waals surface area contributed by atoms with Crippen molar-refractivity contribution < 1.29 is 0 Å². The molecule has 0 spiro atoms. The quantitative estimate of drug-likeness (QED) is 0.722. The first-order valence-corrected chi connectivity index (χ1v) is 6.24. The lowest BCUT2D eigenvalue weighted by molar-refractivity contribution is 0.870. The summed E-state index contributed by atoms with van der Waals surface area (Å²) in [5, 5.41) is 0.975. The highest BCUT2D eigenvalue weighted by Gasteiger charge is 2.07. The van der Waals surface area contributed by atoms with Gasteiger partial charge in [0.05, 0.1) is 17.2 Å². The minimum absolute atomic E-state index is 0.489. The van der Waals surface area contributed by atoms with Crippen LogP contribution in [0.4, 0.5) is 0 Å². The predicted octanol–water partition coefficient (Wildman–Crippen LogP) is 3.48. The SMILES string of the molecule is CSc1cnc2c(C(C)C)cccc2n1. The molecule has 0 bridgehead atoms. The lowest BCUT2D eigenvalue weighted by Gasteiger charge is -2.08. The second-order valence-electron chi connectivity index (χ2n) is 3.78. The van der Waals surface area contributed by atoms with E-state index in [-0.39, 0.29) is 0 Å². The highest BCUT2D eigenvalue weighted by molar-refractivity contribution is 7.98. The lowest BCUT2D eigenvalue weighted by atomic mass is 10.0. The number of para-hydroxylation sites is 1. The lowest BCUT2D eigenvalue weighted by Crippen LogP contribution is -1.94. The van der Waals surface area contributed by atoms with E-state index in [1.165, 1.54) is 5.56 Å². The topological polar surface area (TPSA) is 25.8 Å². The third-order valence-electron chi connectivity index (χ3n) is 2.41. The molecule has 0 saturated heterocycles. The van der Waals surface area contributed by atoms with Crippen LogP contribution in [0.15, 0.2) is 29.4 Å². The van der Waals surface area contributed by atoms with E-state index in [0.29, 0.717) is 5.92 Å². The summed E-state index contributed by atoms with van der Waals surface area (Å²) < 4.78 is 0. The zero-order chi connectivity index (χ0) is 10.8. The Hall–Kier alpha value is -1.09. The van der Waals surface area contributed by atoms with Crippen LogP contribution in [0.1, 0.15) is 25.3 Å². The van der Waals surface area contributed by atoms with Crippen molar-refractivity contribution in [1.82, 2.24) is 9.97 Å². The summed E-state index contributed by atoms with van der Waals surface area (Å²) in [6, 6.07) is 6.20. The van der Waals surface area contributed by atoms with Crippen molar-refractivity contribution in [3.63, 3.8) is 0 Å². The Balaban J connectivity index is 2.67. The van der Waals surface area contributed by atoms with E-state index in [2.05, 4.69) is 35.9 Å². The third-order valence-corrected chi connectivity index (χ3v) is 3.03. The minimum Gasteiger partial charge on any atom is -0.251 e. The van der Waals surface area contributed by atoms with Crippen LogP contribution in [0.3, 0.4) is 0 Å². The first-order valence-electron chi connectivity index (χ1n) is 5.02. The molecule has 0 fully saturated rings. The van der Waals surface area contributed by atoms with E-state index < -0.39 is 0 Å². The molecule has 2 rings (SSSR count). The molecule has 0 aliphatic rings. The molecule has 0 aliphatic carbocycles. The van der Waals surface area contributed by atoms with Gasteiger partial charge in [0.15, 0.2) is 0 Å². The maximum atomic E-state index is 4.54. The molecular formula is C12H14N2S. The highest BCUT2D eigenvalue weighted by atomic mass is 32.2. The van der Waals surface area contributed by atoms with Crippen molar-refractivity contribution in [3.05, 3.63) is 30.0 Å². The van der Waals surface area contributed by atoms with E-state index in [9.17, 15) is 0 Å². The van der Waals surface area contributed by atoms with Crippen LogP contribution in [0.25, 0.3) is 11.0 Å². The van der Waals surface area contributed by atoms with Gasteiger partial charge < -0.3 is 0 Å². The van der Waals surface area contributed by atoms with Crippen molar-refractivity contribution >= 4 is 22.8 Å². The standard InChI is InChI=1S/C12H14N2S/c1-8(2)9-5-4-6-10-12(9)13-7-11(14-10)15-3/h4-8H,1-3H3. The number of hydrogen-bond acceptors (Lipinski definition) is 3. The Labute approximate surface area is 94.1 Å². The molecule has 0 N–H and O–H groups in total. The largest absolute Gasteiger partial charge is 0.251 e. The van der Waals surface area contributed by atoms with Gasteiger partial charge in [0.25, 0.3) is 0 Å². The van der Waals surface area contributed by atoms with E-state index in [1.54, 1.807) is 11.8 Å². The van der Waals surface area contributed by atoms with Crippen LogP contribution in [0.2, 0.25) is 0 Å². The minimum atomic E-state index is 0.489. The summed E-state index contributed by atoms with van der Waals surface area (Å²) in [6.45, 7) is 4.36. The highest BCUT2D eigenvalue weighted by Crippen LogP contribution is 2.23. The Bertz CT molecular complexity index is 480. The molecule has 2 aromatic rings. The average molecular weight is 218 g/mol. The fourth-order valence-electron chi connectivity index (χ4n) is 1.61. The van der Waals surface area contributed by atoms with Crippen LogP contribution >= 0.6 is 11.8 Å². The number of nitrogens with zero attached hydrogens (tertiary/aromatic N) is 2. The van der Waals surface area contributed by atoms with Gasteiger partial charge in [-0.1, -0.05) is 26.0 Å².